The Hall–Kier alpha value is -2.41. The number of rotatable bonds is 1. The normalized spacial score (nSPS) is 45.0. The van der Waals surface area contributed by atoms with Gasteiger partial charge in [0, 0.05) is 5.92 Å². The predicted octanol–water partition coefficient (Wildman–Crippen LogP) is -0.656. The number of nitrogens with one attached hydrogen (secondary N) is 1. The highest BCUT2D eigenvalue weighted by molar-refractivity contribution is 5.95. The van der Waals surface area contributed by atoms with E-state index in [1.54, 1.807) is 0 Å². The molecule has 1 aromatic carbocycles. The van der Waals surface area contributed by atoms with Gasteiger partial charge in [0.2, 0.25) is 0 Å². The standard InChI is InChI=1S/C16H14N4O2/c1-10-7-21-16(22-10)15(9-18)12(11-5-3-2-4-6-11)14(15,8-17)13(19)20-16/h2-6,10,12H,7H2,1H3,(H2,19,20)/p+1/t10-,12+,14+,15+,16+/m0/s1. The van der Waals surface area contributed by atoms with Crippen LogP contribution in [0.25, 0.3) is 0 Å². The molecule has 1 aliphatic carbocycles. The summed E-state index contributed by atoms with van der Waals surface area (Å²) in [5.41, 5.74) is 4.71. The lowest BCUT2D eigenvalue weighted by Gasteiger charge is -2.23. The second-order valence-electron chi connectivity index (χ2n) is 6.08. The number of nitriles is 2. The maximum absolute atomic E-state index is 9.95. The molecular weight excluding hydrogens is 280 g/mol. The molecule has 0 unspecified atom stereocenters. The Kier molecular flexibility index (Phi) is 2.33. The maximum Gasteiger partial charge on any atom is 0.343 e. The van der Waals surface area contributed by atoms with Crippen LogP contribution in [-0.2, 0) is 9.47 Å². The SMILES string of the molecule is C[C@H]1CO[C@@]2([NH+]=C(N)[C@@]3(C#N)[C@@H](c4ccccc4)[C@@]23C#N)O1. The number of hydrogen-bond donors (Lipinski definition) is 2. The Morgan fingerprint density at radius 3 is 2.55 bits per heavy atom. The van der Waals surface area contributed by atoms with Gasteiger partial charge in [-0.1, -0.05) is 30.3 Å². The molecule has 6 heteroatoms. The minimum atomic E-state index is -1.35. The summed E-state index contributed by atoms with van der Waals surface area (Å²) in [5.74, 6) is -1.47. The van der Waals surface area contributed by atoms with E-state index in [9.17, 15) is 10.5 Å². The predicted molar refractivity (Wildman–Crippen MR) is 74.7 cm³/mol. The molecule has 1 spiro atoms. The number of benzene rings is 1. The first kappa shape index (κ1) is 13.3. The molecule has 3 N–H and O–H groups in total. The lowest BCUT2D eigenvalue weighted by molar-refractivity contribution is -0.677. The minimum Gasteiger partial charge on any atom is -0.311 e. The molecule has 22 heavy (non-hydrogen) atoms. The Morgan fingerprint density at radius 1 is 1.27 bits per heavy atom. The first-order valence-corrected chi connectivity index (χ1v) is 7.18. The zero-order valence-electron chi connectivity index (χ0n) is 12.0. The Labute approximate surface area is 127 Å². The summed E-state index contributed by atoms with van der Waals surface area (Å²) in [6.45, 7) is 2.22. The number of fused-ring (bicyclic) bond motifs is 2. The van der Waals surface area contributed by atoms with Crippen LogP contribution in [0.3, 0.4) is 0 Å². The number of nitrogens with two attached hydrogens (primary N) is 1. The van der Waals surface area contributed by atoms with Crippen molar-refractivity contribution in [3.63, 3.8) is 0 Å². The van der Waals surface area contributed by atoms with Gasteiger partial charge in [0.15, 0.2) is 10.8 Å². The lowest BCUT2D eigenvalue weighted by Crippen LogP contribution is -2.90. The molecule has 0 radical (unpaired) electrons. The van der Waals surface area contributed by atoms with E-state index in [2.05, 4.69) is 17.1 Å². The van der Waals surface area contributed by atoms with Crippen molar-refractivity contribution in [2.75, 3.05) is 6.61 Å². The van der Waals surface area contributed by atoms with E-state index in [0.29, 0.717) is 6.61 Å². The molecule has 0 bridgehead atoms. The second-order valence-corrected chi connectivity index (χ2v) is 6.08. The number of hydrogen-bond acceptors (Lipinski definition) is 5. The van der Waals surface area contributed by atoms with Gasteiger partial charge < -0.3 is 9.47 Å². The second kappa shape index (κ2) is 3.86. The van der Waals surface area contributed by atoms with Gasteiger partial charge in [0.05, 0.1) is 24.8 Å². The molecule has 3 aliphatic rings. The Bertz CT molecular complexity index is 765. The van der Waals surface area contributed by atoms with E-state index in [1.165, 1.54) is 0 Å². The van der Waals surface area contributed by atoms with Crippen LogP contribution in [0.5, 0.6) is 0 Å². The summed E-state index contributed by atoms with van der Waals surface area (Å²) in [4.78, 5) is 2.95. The van der Waals surface area contributed by atoms with E-state index in [0.717, 1.165) is 5.56 Å². The van der Waals surface area contributed by atoms with E-state index in [-0.39, 0.29) is 17.9 Å². The van der Waals surface area contributed by atoms with Crippen LogP contribution in [0.2, 0.25) is 0 Å². The van der Waals surface area contributed by atoms with Crippen molar-refractivity contribution in [3.05, 3.63) is 35.9 Å². The van der Waals surface area contributed by atoms with E-state index in [1.807, 2.05) is 37.3 Å². The highest BCUT2D eigenvalue weighted by atomic mass is 16.8. The van der Waals surface area contributed by atoms with Crippen molar-refractivity contribution in [3.8, 4) is 12.1 Å². The summed E-state index contributed by atoms with van der Waals surface area (Å²) in [5, 5.41) is 19.8. The topological polar surface area (TPSA) is 106 Å². The first-order valence-electron chi connectivity index (χ1n) is 7.18. The third kappa shape index (κ3) is 1.13. The van der Waals surface area contributed by atoms with Gasteiger partial charge in [-0.2, -0.15) is 10.5 Å². The van der Waals surface area contributed by atoms with Crippen LogP contribution >= 0.6 is 0 Å². The van der Waals surface area contributed by atoms with Crippen molar-refractivity contribution in [1.29, 1.82) is 10.5 Å². The van der Waals surface area contributed by atoms with Gasteiger partial charge in [0.1, 0.15) is 0 Å². The molecule has 1 saturated carbocycles. The zero-order valence-corrected chi connectivity index (χ0v) is 12.0. The summed E-state index contributed by atoms with van der Waals surface area (Å²) >= 11 is 0. The monoisotopic (exact) mass is 295 g/mol. The molecule has 2 fully saturated rings. The highest BCUT2D eigenvalue weighted by Crippen LogP contribution is 2.79. The van der Waals surface area contributed by atoms with Crippen LogP contribution < -0.4 is 10.7 Å². The molecule has 6 nitrogen and oxygen atoms in total. The van der Waals surface area contributed by atoms with Gasteiger partial charge in [-0.15, -0.1) is 0 Å². The molecule has 0 amide bonds. The van der Waals surface area contributed by atoms with Crippen LogP contribution in [-0.4, -0.2) is 24.5 Å². The number of amidine groups is 1. The minimum absolute atomic E-state index is 0.169. The molecule has 1 saturated heterocycles. The van der Waals surface area contributed by atoms with Crippen molar-refractivity contribution in [1.82, 2.24) is 0 Å². The largest absolute Gasteiger partial charge is 0.343 e. The van der Waals surface area contributed by atoms with E-state index < -0.39 is 16.7 Å². The van der Waals surface area contributed by atoms with Crippen molar-refractivity contribution in [2.45, 2.75) is 24.9 Å². The van der Waals surface area contributed by atoms with Gasteiger partial charge in [-0.25, -0.2) is 4.99 Å². The average Bonchev–Trinajstić information content (AvgIpc) is 2.93. The third-order valence-electron chi connectivity index (χ3n) is 5.02. The summed E-state index contributed by atoms with van der Waals surface area (Å²) in [6.07, 6.45) is -0.169. The van der Waals surface area contributed by atoms with Gasteiger partial charge in [0.25, 0.3) is 5.84 Å². The molecule has 2 heterocycles. The van der Waals surface area contributed by atoms with Crippen LogP contribution in [0.15, 0.2) is 30.3 Å². The van der Waals surface area contributed by atoms with Gasteiger partial charge >= 0.3 is 5.91 Å². The average molecular weight is 295 g/mol. The summed E-state index contributed by atoms with van der Waals surface area (Å²) in [7, 11) is 0. The third-order valence-corrected chi connectivity index (χ3v) is 5.02. The van der Waals surface area contributed by atoms with Crippen molar-refractivity contribution < 1.29 is 14.5 Å². The molecule has 2 aliphatic heterocycles. The Morgan fingerprint density at radius 2 is 2.00 bits per heavy atom. The van der Waals surface area contributed by atoms with Crippen LogP contribution in [0.1, 0.15) is 18.4 Å². The fourth-order valence-electron chi connectivity index (χ4n) is 4.11. The molecule has 5 atom stereocenters. The maximum atomic E-state index is 9.95. The lowest BCUT2D eigenvalue weighted by atomic mass is 9.94. The quantitative estimate of drug-likeness (QED) is 0.715. The Balaban J connectivity index is 1.93. The van der Waals surface area contributed by atoms with Crippen molar-refractivity contribution in [2.24, 2.45) is 16.6 Å². The number of nitrogens with zero attached hydrogens (tertiary/aromatic N) is 2. The van der Waals surface area contributed by atoms with Crippen LogP contribution in [0, 0.1) is 33.5 Å². The first-order chi connectivity index (χ1) is 10.6. The molecular formula is C16H15N4O2+. The van der Waals surface area contributed by atoms with Gasteiger partial charge in [-0.3, -0.25) is 5.73 Å². The molecule has 0 aromatic heterocycles. The van der Waals surface area contributed by atoms with E-state index in [4.69, 9.17) is 15.2 Å². The fraction of sp³-hybridized carbons (Fsp3) is 0.438. The molecule has 4 rings (SSSR count). The zero-order chi connectivity index (χ0) is 15.6. The van der Waals surface area contributed by atoms with E-state index >= 15 is 0 Å². The van der Waals surface area contributed by atoms with Gasteiger partial charge in [-0.05, 0) is 12.5 Å². The van der Waals surface area contributed by atoms with Crippen molar-refractivity contribution >= 4 is 5.84 Å². The summed E-state index contributed by atoms with van der Waals surface area (Å²) < 4.78 is 11.7. The highest BCUT2D eigenvalue weighted by Gasteiger charge is 2.97. The smallest absolute Gasteiger partial charge is 0.311 e. The molecule has 110 valence electrons. The number of ether oxygens (including phenoxy) is 2. The molecule has 1 aromatic rings. The van der Waals surface area contributed by atoms with Crippen LogP contribution in [0.4, 0.5) is 0 Å². The fourth-order valence-corrected chi connectivity index (χ4v) is 4.11. The summed E-state index contributed by atoms with van der Waals surface area (Å²) in [6, 6.07) is 14.0.